The largest absolute Gasteiger partial charge is 0.393 e. The van der Waals surface area contributed by atoms with Crippen LogP contribution in [0.25, 0.3) is 0 Å². The molecule has 0 aliphatic rings. The van der Waals surface area contributed by atoms with Gasteiger partial charge in [0.15, 0.2) is 5.82 Å². The van der Waals surface area contributed by atoms with E-state index in [4.69, 9.17) is 10.4 Å². The normalized spacial score (nSPS) is 12.0. The highest BCUT2D eigenvalue weighted by molar-refractivity contribution is 5.89. The number of anilines is 1. The lowest BCUT2D eigenvalue weighted by Crippen LogP contribution is -2.31. The zero-order chi connectivity index (χ0) is 14.4. The fourth-order valence-electron chi connectivity index (χ4n) is 1.38. The second-order valence-corrected chi connectivity index (χ2v) is 4.60. The fourth-order valence-corrected chi connectivity index (χ4v) is 1.38. The average Bonchev–Trinajstić information content (AvgIpc) is 2.71. The van der Waals surface area contributed by atoms with E-state index >= 15 is 0 Å². The van der Waals surface area contributed by atoms with Gasteiger partial charge in [-0.3, -0.25) is 10.00 Å². The number of rotatable bonds is 5. The third-order valence-corrected chi connectivity index (χ3v) is 2.46. The summed E-state index contributed by atoms with van der Waals surface area (Å²) in [7, 11) is 0. The van der Waals surface area contributed by atoms with Crippen molar-refractivity contribution in [1.82, 2.24) is 15.1 Å². The number of aliphatic hydroxyl groups is 1. The highest BCUT2D eigenvalue weighted by atomic mass is 16.3. The van der Waals surface area contributed by atoms with E-state index in [1.807, 2.05) is 19.9 Å². The summed E-state index contributed by atoms with van der Waals surface area (Å²) in [6, 6.07) is 1.66. The summed E-state index contributed by atoms with van der Waals surface area (Å²) in [6.07, 6.45) is 1.60. The van der Waals surface area contributed by atoms with Gasteiger partial charge < -0.3 is 10.4 Å². The molecule has 1 atom stereocenters. The molecule has 0 radical (unpaired) electrons. The number of carbonyl (C=O) groups excluding carboxylic acids is 1. The lowest BCUT2D eigenvalue weighted by atomic mass is 10.3. The zero-order valence-corrected chi connectivity index (χ0v) is 11.3. The number of aromatic nitrogens is 2. The van der Waals surface area contributed by atoms with Gasteiger partial charge in [0.25, 0.3) is 0 Å². The van der Waals surface area contributed by atoms with Crippen molar-refractivity contribution in [2.45, 2.75) is 39.3 Å². The molecule has 0 bridgehead atoms. The zero-order valence-electron chi connectivity index (χ0n) is 11.3. The fraction of sp³-hybridized carbons (Fsp3) is 0.583. The maximum absolute atomic E-state index is 11.6. The highest BCUT2D eigenvalue weighted by Gasteiger charge is 2.12. The molecule has 3 N–H and O–H groups in total. The maximum atomic E-state index is 11.6. The van der Waals surface area contributed by atoms with Crippen LogP contribution in [-0.2, 0) is 0 Å². The van der Waals surface area contributed by atoms with Crippen molar-refractivity contribution in [1.29, 1.82) is 5.26 Å². The molecule has 2 amide bonds. The van der Waals surface area contributed by atoms with Crippen molar-refractivity contribution in [2.24, 2.45) is 0 Å². The van der Waals surface area contributed by atoms with Gasteiger partial charge >= 0.3 is 6.03 Å². The Bertz CT molecular complexity index is 473. The van der Waals surface area contributed by atoms with Crippen molar-refractivity contribution < 1.29 is 9.90 Å². The minimum absolute atomic E-state index is 0.112. The quantitative estimate of drug-likeness (QED) is 0.744. The number of urea groups is 1. The van der Waals surface area contributed by atoms with Crippen molar-refractivity contribution >= 4 is 11.8 Å². The number of carbonyl (C=O) groups is 1. The molecule has 0 saturated heterocycles. The monoisotopic (exact) mass is 265 g/mol. The first-order chi connectivity index (χ1) is 8.93. The van der Waals surface area contributed by atoms with Crippen LogP contribution in [0.15, 0.2) is 6.20 Å². The molecule has 0 spiro atoms. The second kappa shape index (κ2) is 6.75. The van der Waals surface area contributed by atoms with E-state index < -0.39 is 12.1 Å². The predicted octanol–water partition coefficient (Wildman–Crippen LogP) is 1.23. The molecule has 1 rings (SSSR count). The van der Waals surface area contributed by atoms with Crippen LogP contribution in [0.3, 0.4) is 0 Å². The topological polar surface area (TPSA) is 103 Å². The lowest BCUT2D eigenvalue weighted by Gasteiger charge is -2.07. The number of hydrogen-bond donors (Lipinski definition) is 3. The van der Waals surface area contributed by atoms with Gasteiger partial charge in [0, 0.05) is 18.8 Å². The summed E-state index contributed by atoms with van der Waals surface area (Å²) in [5.41, 5.74) is 0.319. The summed E-state index contributed by atoms with van der Waals surface area (Å²) >= 11 is 0. The van der Waals surface area contributed by atoms with E-state index in [2.05, 4.69) is 15.7 Å². The molecule has 104 valence electrons. The molecular formula is C12H19N5O2. The van der Waals surface area contributed by atoms with Crippen LogP contribution in [0.4, 0.5) is 10.6 Å². The van der Waals surface area contributed by atoms with E-state index in [1.54, 1.807) is 17.8 Å². The maximum Gasteiger partial charge on any atom is 0.320 e. The summed E-state index contributed by atoms with van der Waals surface area (Å²) in [5.74, 6) is 0.241. The third kappa shape index (κ3) is 4.60. The molecule has 19 heavy (non-hydrogen) atoms. The van der Waals surface area contributed by atoms with Crippen LogP contribution in [-0.4, -0.2) is 33.6 Å². The summed E-state index contributed by atoms with van der Waals surface area (Å²) in [6.45, 7) is 5.87. The van der Waals surface area contributed by atoms with Crippen LogP contribution >= 0.6 is 0 Å². The van der Waals surface area contributed by atoms with Gasteiger partial charge in [-0.15, -0.1) is 0 Å². The van der Waals surface area contributed by atoms with Crippen molar-refractivity contribution in [3.63, 3.8) is 0 Å². The first-order valence-electron chi connectivity index (χ1n) is 6.16. The second-order valence-electron chi connectivity index (χ2n) is 4.60. The van der Waals surface area contributed by atoms with E-state index in [9.17, 15) is 4.79 Å². The minimum atomic E-state index is -0.463. The minimum Gasteiger partial charge on any atom is -0.393 e. The Morgan fingerprint density at radius 1 is 1.58 bits per heavy atom. The molecule has 1 aromatic heterocycles. The van der Waals surface area contributed by atoms with Crippen LogP contribution in [0, 0.1) is 11.3 Å². The Morgan fingerprint density at radius 3 is 2.79 bits per heavy atom. The predicted molar refractivity (Wildman–Crippen MR) is 70.6 cm³/mol. The van der Waals surface area contributed by atoms with Crippen LogP contribution in [0.1, 0.15) is 38.8 Å². The van der Waals surface area contributed by atoms with Crippen molar-refractivity contribution in [2.75, 3.05) is 11.9 Å². The molecule has 1 heterocycles. The SMILES string of the molecule is CC(O)CCNC(=O)Nc1nn(C(C)C)cc1C#N. The number of aliphatic hydroxyl groups excluding tert-OH is 1. The third-order valence-electron chi connectivity index (χ3n) is 2.46. The molecule has 0 saturated carbocycles. The van der Waals surface area contributed by atoms with Gasteiger partial charge in [0.2, 0.25) is 0 Å². The first-order valence-corrected chi connectivity index (χ1v) is 6.16. The molecule has 0 fully saturated rings. The number of amides is 2. The summed E-state index contributed by atoms with van der Waals surface area (Å²) < 4.78 is 1.62. The van der Waals surface area contributed by atoms with E-state index in [-0.39, 0.29) is 11.9 Å². The summed E-state index contributed by atoms with van der Waals surface area (Å²) in [5, 5.41) is 27.3. The Labute approximate surface area is 112 Å². The Balaban J connectivity index is 2.61. The van der Waals surface area contributed by atoms with Crippen molar-refractivity contribution in [3.8, 4) is 6.07 Å². The number of nitrogens with zero attached hydrogens (tertiary/aromatic N) is 3. The van der Waals surface area contributed by atoms with Crippen LogP contribution < -0.4 is 10.6 Å². The standard InChI is InChI=1S/C12H19N5O2/c1-8(2)17-7-10(6-13)11(16-17)15-12(19)14-5-4-9(3)18/h7-9,18H,4-5H2,1-3H3,(H2,14,15,16,19). The summed E-state index contributed by atoms with van der Waals surface area (Å²) in [4.78, 5) is 11.6. The van der Waals surface area contributed by atoms with Gasteiger partial charge in [0.1, 0.15) is 11.6 Å². The molecule has 7 nitrogen and oxygen atoms in total. The molecule has 7 heteroatoms. The molecule has 0 aliphatic heterocycles. The van der Waals surface area contributed by atoms with Gasteiger partial charge in [-0.1, -0.05) is 0 Å². The van der Waals surface area contributed by atoms with Crippen LogP contribution in [0.5, 0.6) is 0 Å². The molecule has 0 aliphatic carbocycles. The van der Waals surface area contributed by atoms with Gasteiger partial charge in [-0.2, -0.15) is 10.4 Å². The number of nitrogens with one attached hydrogen (secondary N) is 2. The first kappa shape index (κ1) is 15.0. The molecular weight excluding hydrogens is 246 g/mol. The molecule has 1 unspecified atom stereocenters. The lowest BCUT2D eigenvalue weighted by molar-refractivity contribution is 0.184. The van der Waals surface area contributed by atoms with E-state index in [0.29, 0.717) is 18.5 Å². The molecule has 0 aromatic carbocycles. The number of hydrogen-bond acceptors (Lipinski definition) is 4. The smallest absolute Gasteiger partial charge is 0.320 e. The molecule has 1 aromatic rings. The average molecular weight is 265 g/mol. The number of nitriles is 1. The Hall–Kier alpha value is -2.07. The van der Waals surface area contributed by atoms with Gasteiger partial charge in [0.05, 0.1) is 6.10 Å². The van der Waals surface area contributed by atoms with Crippen molar-refractivity contribution in [3.05, 3.63) is 11.8 Å². The van der Waals surface area contributed by atoms with E-state index in [0.717, 1.165) is 0 Å². The Kier molecular flexibility index (Phi) is 5.33. The van der Waals surface area contributed by atoms with Gasteiger partial charge in [-0.25, -0.2) is 4.79 Å². The van der Waals surface area contributed by atoms with E-state index in [1.165, 1.54) is 0 Å². The highest BCUT2D eigenvalue weighted by Crippen LogP contribution is 2.14. The van der Waals surface area contributed by atoms with Crippen LogP contribution in [0.2, 0.25) is 0 Å². The van der Waals surface area contributed by atoms with Gasteiger partial charge in [-0.05, 0) is 27.2 Å². The Morgan fingerprint density at radius 2 is 2.26 bits per heavy atom.